The summed E-state index contributed by atoms with van der Waals surface area (Å²) in [6.07, 6.45) is 0. The van der Waals surface area contributed by atoms with E-state index in [0.717, 1.165) is 11.1 Å². The van der Waals surface area contributed by atoms with Crippen LogP contribution in [0.1, 0.15) is 11.1 Å². The van der Waals surface area contributed by atoms with Crippen LogP contribution in [-0.2, 0) is 16.6 Å². The van der Waals surface area contributed by atoms with E-state index in [2.05, 4.69) is 10.0 Å². The zero-order valence-corrected chi connectivity index (χ0v) is 15.0. The molecule has 1 heterocycles. The number of urea groups is 1. The van der Waals surface area contributed by atoms with Gasteiger partial charge in [0.2, 0.25) is 0 Å². The van der Waals surface area contributed by atoms with Gasteiger partial charge in [0.05, 0.1) is 7.11 Å². The van der Waals surface area contributed by atoms with E-state index < -0.39 is 10.0 Å². The molecule has 2 aromatic carbocycles. The molecule has 132 valence electrons. The smallest absolute Gasteiger partial charge is 0.321 e. The molecule has 0 unspecified atom stereocenters. The number of methoxy groups -OCH3 is 1. The molecule has 1 aliphatic heterocycles. The van der Waals surface area contributed by atoms with Crippen LogP contribution in [0.2, 0.25) is 0 Å². The fourth-order valence-electron chi connectivity index (χ4n) is 2.65. The van der Waals surface area contributed by atoms with Crippen molar-refractivity contribution in [2.24, 2.45) is 0 Å². The number of carbonyl (C=O) groups is 1. The van der Waals surface area contributed by atoms with Gasteiger partial charge in [-0.05, 0) is 48.4 Å². The molecule has 0 bridgehead atoms. The zero-order chi connectivity index (χ0) is 18.2. The lowest BCUT2D eigenvalue weighted by molar-refractivity contribution is 0.218. The van der Waals surface area contributed by atoms with Gasteiger partial charge >= 0.3 is 6.03 Å². The first-order chi connectivity index (χ1) is 11.8. The van der Waals surface area contributed by atoms with Gasteiger partial charge in [-0.25, -0.2) is 13.2 Å². The lowest BCUT2D eigenvalue weighted by Gasteiger charge is -2.26. The van der Waals surface area contributed by atoms with Gasteiger partial charge < -0.3 is 15.0 Å². The van der Waals surface area contributed by atoms with Crippen molar-refractivity contribution >= 4 is 27.4 Å². The molecule has 1 aliphatic rings. The molecule has 0 aliphatic carbocycles. The molecular formula is C17H19N3O4S. The number of rotatable bonds is 4. The Morgan fingerprint density at radius 1 is 1.20 bits per heavy atom. The number of sulfonamides is 1. The molecule has 25 heavy (non-hydrogen) atoms. The number of carbonyl (C=O) groups excluding carboxylic acids is 1. The fraction of sp³-hybridized carbons (Fsp3) is 0.235. The standard InChI is InChI=1S/C17H19N3O4S/c1-11-4-7-15(24-3)16(8-11)25(22,23)19-13-5-6-14-12(9-13)10-20(2)17(21)18-14/h4-9,19H,10H2,1-3H3,(H,18,21). The highest BCUT2D eigenvalue weighted by atomic mass is 32.2. The maximum Gasteiger partial charge on any atom is 0.321 e. The van der Waals surface area contributed by atoms with Crippen molar-refractivity contribution < 1.29 is 17.9 Å². The van der Waals surface area contributed by atoms with E-state index in [-0.39, 0.29) is 16.7 Å². The Hall–Kier alpha value is -2.74. The van der Waals surface area contributed by atoms with Crippen LogP contribution in [0, 0.1) is 6.92 Å². The highest BCUT2D eigenvalue weighted by Gasteiger charge is 2.22. The van der Waals surface area contributed by atoms with Crippen molar-refractivity contribution in [3.63, 3.8) is 0 Å². The van der Waals surface area contributed by atoms with Gasteiger partial charge in [-0.1, -0.05) is 6.07 Å². The Bertz CT molecular complexity index is 941. The van der Waals surface area contributed by atoms with Crippen LogP contribution in [-0.4, -0.2) is 33.5 Å². The number of benzene rings is 2. The molecule has 7 nitrogen and oxygen atoms in total. The Labute approximate surface area is 146 Å². The summed E-state index contributed by atoms with van der Waals surface area (Å²) in [5.41, 5.74) is 2.75. The number of ether oxygens (including phenoxy) is 1. The monoisotopic (exact) mass is 361 g/mol. The van der Waals surface area contributed by atoms with Crippen molar-refractivity contribution in [3.8, 4) is 5.75 Å². The van der Waals surface area contributed by atoms with E-state index in [1.165, 1.54) is 12.0 Å². The lowest BCUT2D eigenvalue weighted by Crippen LogP contribution is -2.35. The average molecular weight is 361 g/mol. The Kier molecular flexibility index (Phi) is 4.30. The van der Waals surface area contributed by atoms with Crippen LogP contribution in [0.3, 0.4) is 0 Å². The summed E-state index contributed by atoms with van der Waals surface area (Å²) in [7, 11) is -0.700. The van der Waals surface area contributed by atoms with E-state index in [9.17, 15) is 13.2 Å². The van der Waals surface area contributed by atoms with Gasteiger partial charge in [-0.2, -0.15) is 0 Å². The summed E-state index contributed by atoms with van der Waals surface area (Å²) in [5, 5.41) is 2.75. The van der Waals surface area contributed by atoms with E-state index >= 15 is 0 Å². The number of nitrogens with zero attached hydrogens (tertiary/aromatic N) is 1. The molecule has 8 heteroatoms. The fourth-order valence-corrected chi connectivity index (χ4v) is 3.96. The summed E-state index contributed by atoms with van der Waals surface area (Å²) in [4.78, 5) is 13.2. The minimum atomic E-state index is -3.81. The number of anilines is 2. The predicted octanol–water partition coefficient (Wildman–Crippen LogP) is 2.78. The van der Waals surface area contributed by atoms with Crippen LogP contribution in [0.5, 0.6) is 5.75 Å². The molecule has 0 saturated carbocycles. The van der Waals surface area contributed by atoms with Crippen LogP contribution in [0.15, 0.2) is 41.3 Å². The minimum absolute atomic E-state index is 0.0816. The van der Waals surface area contributed by atoms with E-state index in [1.54, 1.807) is 43.4 Å². The highest BCUT2D eigenvalue weighted by Crippen LogP contribution is 2.29. The molecular weight excluding hydrogens is 342 g/mol. The number of amides is 2. The molecule has 0 spiro atoms. The van der Waals surface area contributed by atoms with Crippen molar-refractivity contribution in [2.75, 3.05) is 24.2 Å². The van der Waals surface area contributed by atoms with Crippen LogP contribution < -0.4 is 14.8 Å². The Morgan fingerprint density at radius 3 is 2.68 bits per heavy atom. The maximum absolute atomic E-state index is 12.7. The van der Waals surface area contributed by atoms with Gasteiger partial charge in [0, 0.05) is 25.0 Å². The highest BCUT2D eigenvalue weighted by molar-refractivity contribution is 7.92. The molecule has 0 saturated heterocycles. The first kappa shape index (κ1) is 17.1. The lowest BCUT2D eigenvalue weighted by atomic mass is 10.1. The number of hydrogen-bond acceptors (Lipinski definition) is 4. The van der Waals surface area contributed by atoms with Crippen LogP contribution in [0.25, 0.3) is 0 Å². The number of fused-ring (bicyclic) bond motifs is 1. The predicted molar refractivity (Wildman–Crippen MR) is 95.5 cm³/mol. The van der Waals surface area contributed by atoms with Gasteiger partial charge in [0.25, 0.3) is 10.0 Å². The SMILES string of the molecule is COc1ccc(C)cc1S(=O)(=O)Nc1ccc2c(c1)CN(C)C(=O)N2. The van der Waals surface area contributed by atoms with Crippen molar-refractivity contribution in [2.45, 2.75) is 18.4 Å². The third-order valence-electron chi connectivity index (χ3n) is 3.96. The summed E-state index contributed by atoms with van der Waals surface area (Å²) in [5.74, 6) is 0.281. The minimum Gasteiger partial charge on any atom is -0.495 e. The van der Waals surface area contributed by atoms with E-state index in [0.29, 0.717) is 17.9 Å². The molecule has 2 aromatic rings. The summed E-state index contributed by atoms with van der Waals surface area (Å²) < 4.78 is 33.2. The van der Waals surface area contributed by atoms with Crippen molar-refractivity contribution in [1.82, 2.24) is 4.90 Å². The molecule has 2 amide bonds. The molecule has 0 fully saturated rings. The Balaban J connectivity index is 1.93. The largest absolute Gasteiger partial charge is 0.495 e. The molecule has 3 rings (SSSR count). The molecule has 0 radical (unpaired) electrons. The third-order valence-corrected chi connectivity index (χ3v) is 5.36. The van der Waals surface area contributed by atoms with Gasteiger partial charge in [0.15, 0.2) is 0 Å². The summed E-state index contributed by atoms with van der Waals surface area (Å²) in [6.45, 7) is 2.22. The van der Waals surface area contributed by atoms with Crippen molar-refractivity contribution in [3.05, 3.63) is 47.5 Å². The number of aryl methyl sites for hydroxylation is 1. The van der Waals surface area contributed by atoms with E-state index in [1.807, 2.05) is 6.92 Å². The molecule has 0 atom stereocenters. The normalized spacial score (nSPS) is 13.9. The zero-order valence-electron chi connectivity index (χ0n) is 14.2. The number of nitrogens with one attached hydrogen (secondary N) is 2. The van der Waals surface area contributed by atoms with Gasteiger partial charge in [0.1, 0.15) is 10.6 Å². The average Bonchev–Trinajstić information content (AvgIpc) is 2.56. The second-order valence-corrected chi connectivity index (χ2v) is 7.57. The quantitative estimate of drug-likeness (QED) is 0.876. The molecule has 0 aromatic heterocycles. The molecule has 2 N–H and O–H groups in total. The summed E-state index contributed by atoms with van der Waals surface area (Å²) in [6, 6.07) is 9.80. The first-order valence-corrected chi connectivity index (χ1v) is 9.11. The van der Waals surface area contributed by atoms with Gasteiger partial charge in [-0.15, -0.1) is 0 Å². The van der Waals surface area contributed by atoms with E-state index in [4.69, 9.17) is 4.74 Å². The second-order valence-electron chi connectivity index (χ2n) is 5.92. The summed E-state index contributed by atoms with van der Waals surface area (Å²) >= 11 is 0. The Morgan fingerprint density at radius 2 is 1.96 bits per heavy atom. The second kappa shape index (κ2) is 6.29. The van der Waals surface area contributed by atoms with Crippen LogP contribution in [0.4, 0.5) is 16.2 Å². The first-order valence-electron chi connectivity index (χ1n) is 7.62. The van der Waals surface area contributed by atoms with Crippen molar-refractivity contribution in [1.29, 1.82) is 0 Å². The van der Waals surface area contributed by atoms with Crippen LogP contribution >= 0.6 is 0 Å². The maximum atomic E-state index is 12.7. The topological polar surface area (TPSA) is 87.7 Å². The van der Waals surface area contributed by atoms with Gasteiger partial charge in [-0.3, -0.25) is 4.72 Å². The number of hydrogen-bond donors (Lipinski definition) is 2. The third kappa shape index (κ3) is 3.39.